The molecule has 4 aromatic rings. The number of rotatable bonds is 2. The van der Waals surface area contributed by atoms with Gasteiger partial charge in [0.05, 0.1) is 24.0 Å². The van der Waals surface area contributed by atoms with Crippen molar-refractivity contribution in [1.29, 1.82) is 0 Å². The second kappa shape index (κ2) is 5.77. The van der Waals surface area contributed by atoms with Crippen LogP contribution in [0.25, 0.3) is 32.6 Å². The van der Waals surface area contributed by atoms with Gasteiger partial charge in [-0.1, -0.05) is 30.3 Å². The van der Waals surface area contributed by atoms with Crippen molar-refractivity contribution in [2.45, 2.75) is 0 Å². The average Bonchev–Trinajstić information content (AvgIpc) is 3.05. The molecule has 0 aliphatic carbocycles. The lowest BCUT2D eigenvalue weighted by Gasteiger charge is -2.07. The molecule has 4 rings (SSSR count). The highest BCUT2D eigenvalue weighted by molar-refractivity contribution is 5.82. The van der Waals surface area contributed by atoms with Gasteiger partial charge in [-0.15, -0.1) is 0 Å². The Morgan fingerprint density at radius 3 is 2.56 bits per heavy atom. The summed E-state index contributed by atoms with van der Waals surface area (Å²) in [7, 11) is 0. The Balaban J connectivity index is 1.76. The molecule has 0 aliphatic heterocycles. The minimum Gasteiger partial charge on any atom is -0.505 e. The van der Waals surface area contributed by atoms with Gasteiger partial charge in [-0.3, -0.25) is 0 Å². The number of hydrogen-bond donors (Lipinski definition) is 1. The van der Waals surface area contributed by atoms with Crippen molar-refractivity contribution in [2.75, 3.05) is 0 Å². The fourth-order valence-corrected chi connectivity index (χ4v) is 2.79. The number of phenolic OH excluding ortho intramolecular Hbond substituents is 1. The van der Waals surface area contributed by atoms with Gasteiger partial charge in [0.2, 0.25) is 0 Å². The zero-order valence-corrected chi connectivity index (χ0v) is 13.0. The van der Waals surface area contributed by atoms with Gasteiger partial charge in [0.15, 0.2) is 17.3 Å². The van der Waals surface area contributed by atoms with E-state index in [1.54, 1.807) is 16.9 Å². The Morgan fingerprint density at radius 1 is 1.00 bits per heavy atom. The Morgan fingerprint density at radius 2 is 1.80 bits per heavy atom. The van der Waals surface area contributed by atoms with Crippen molar-refractivity contribution in [3.8, 4) is 22.6 Å². The third-order valence-electron chi connectivity index (χ3n) is 4.06. The van der Waals surface area contributed by atoms with Gasteiger partial charge in [-0.2, -0.15) is 5.10 Å². The molecule has 0 atom stereocenters. The summed E-state index contributed by atoms with van der Waals surface area (Å²) >= 11 is 0. The summed E-state index contributed by atoms with van der Waals surface area (Å²) in [5, 5.41) is 14.5. The Kier molecular flexibility index (Phi) is 3.44. The normalized spacial score (nSPS) is 10.7. The molecule has 120 valence electrons. The van der Waals surface area contributed by atoms with Crippen LogP contribution < -0.4 is 0 Å². The van der Waals surface area contributed by atoms with Crippen LogP contribution >= 0.6 is 0 Å². The maximum atomic E-state index is 13.5. The molecule has 0 fully saturated rings. The highest BCUT2D eigenvalue weighted by atomic mass is 19.1. The van der Waals surface area contributed by atoms with Crippen molar-refractivity contribution < 1.29 is 9.50 Å². The number of aromatic hydroxyl groups is 1. The second-order valence-electron chi connectivity index (χ2n) is 5.63. The van der Waals surface area contributed by atoms with Gasteiger partial charge in [0, 0.05) is 11.5 Å². The summed E-state index contributed by atoms with van der Waals surface area (Å²) in [6.45, 7) is 7.11. The maximum absolute atomic E-state index is 13.5. The van der Waals surface area contributed by atoms with Crippen LogP contribution in [0.1, 0.15) is 0 Å². The molecular formula is C20H12FN3O. The molecule has 0 radical (unpaired) electrons. The summed E-state index contributed by atoms with van der Waals surface area (Å²) in [4.78, 5) is 3.45. The van der Waals surface area contributed by atoms with E-state index in [9.17, 15) is 9.50 Å². The average molecular weight is 329 g/mol. The highest BCUT2D eigenvalue weighted by Crippen LogP contribution is 2.28. The molecule has 0 saturated heterocycles. The monoisotopic (exact) mass is 329 g/mol. The fourth-order valence-electron chi connectivity index (χ4n) is 2.79. The summed E-state index contributed by atoms with van der Waals surface area (Å²) < 4.78 is 15.1. The molecule has 1 heterocycles. The number of benzene rings is 3. The summed E-state index contributed by atoms with van der Waals surface area (Å²) in [6, 6.07) is 17.7. The molecule has 1 aromatic heterocycles. The first-order valence-electron chi connectivity index (χ1n) is 7.60. The van der Waals surface area contributed by atoms with E-state index < -0.39 is 11.6 Å². The Labute approximate surface area is 143 Å². The number of hydrogen-bond acceptors (Lipinski definition) is 2. The zero-order chi connectivity index (χ0) is 17.4. The van der Waals surface area contributed by atoms with Gasteiger partial charge < -0.3 is 5.11 Å². The molecule has 4 nitrogen and oxygen atoms in total. The smallest absolute Gasteiger partial charge is 0.187 e. The van der Waals surface area contributed by atoms with Crippen LogP contribution in [-0.2, 0) is 0 Å². The molecule has 0 spiro atoms. The summed E-state index contributed by atoms with van der Waals surface area (Å²) in [5.41, 5.74) is 3.97. The lowest BCUT2D eigenvalue weighted by atomic mass is 10.0. The topological polar surface area (TPSA) is 42.4 Å². The van der Waals surface area contributed by atoms with Crippen molar-refractivity contribution in [3.63, 3.8) is 0 Å². The number of nitrogens with zero attached hydrogens (tertiary/aromatic N) is 3. The van der Waals surface area contributed by atoms with Gasteiger partial charge in [-0.05, 0) is 35.4 Å². The Bertz CT molecular complexity index is 1120. The molecule has 0 aliphatic rings. The number of aromatic nitrogens is 2. The molecule has 0 saturated carbocycles. The zero-order valence-electron chi connectivity index (χ0n) is 13.0. The van der Waals surface area contributed by atoms with Crippen molar-refractivity contribution >= 4 is 16.6 Å². The van der Waals surface area contributed by atoms with E-state index in [2.05, 4.69) is 9.94 Å². The van der Waals surface area contributed by atoms with Crippen LogP contribution in [-0.4, -0.2) is 14.9 Å². The molecule has 25 heavy (non-hydrogen) atoms. The molecule has 5 heteroatoms. The molecule has 1 N–H and O–H groups in total. The number of phenols is 1. The van der Waals surface area contributed by atoms with Gasteiger partial charge in [-0.25, -0.2) is 13.9 Å². The van der Waals surface area contributed by atoms with Crippen LogP contribution in [0.4, 0.5) is 10.1 Å². The first-order valence-corrected chi connectivity index (χ1v) is 7.60. The van der Waals surface area contributed by atoms with Gasteiger partial charge in [0.25, 0.3) is 0 Å². The molecule has 0 unspecified atom stereocenters. The van der Waals surface area contributed by atoms with E-state index in [0.717, 1.165) is 16.8 Å². The highest BCUT2D eigenvalue weighted by Gasteiger charge is 2.10. The van der Waals surface area contributed by atoms with E-state index in [4.69, 9.17) is 6.57 Å². The van der Waals surface area contributed by atoms with E-state index in [1.165, 1.54) is 12.1 Å². The van der Waals surface area contributed by atoms with E-state index in [0.29, 0.717) is 16.6 Å². The van der Waals surface area contributed by atoms with Crippen LogP contribution in [0.3, 0.4) is 0 Å². The minimum atomic E-state index is -0.665. The molecule has 0 amide bonds. The largest absolute Gasteiger partial charge is 0.505 e. The minimum absolute atomic E-state index is 0.401. The summed E-state index contributed by atoms with van der Waals surface area (Å²) in [5.74, 6) is -1.07. The lowest BCUT2D eigenvalue weighted by Crippen LogP contribution is -1.95. The first-order chi connectivity index (χ1) is 12.2. The molecule has 0 bridgehead atoms. The number of halogens is 1. The maximum Gasteiger partial charge on any atom is 0.187 e. The predicted octanol–water partition coefficient (Wildman–Crippen LogP) is 5.09. The third-order valence-corrected chi connectivity index (χ3v) is 4.06. The van der Waals surface area contributed by atoms with Gasteiger partial charge >= 0.3 is 0 Å². The van der Waals surface area contributed by atoms with Crippen LogP contribution in [0, 0.1) is 12.4 Å². The van der Waals surface area contributed by atoms with E-state index in [-0.39, 0.29) is 0 Å². The SMILES string of the molecule is [C-]#[N+]c1cccc(-c2ccc(-n3ncc4cc(F)c(O)cc43)cc2)c1. The van der Waals surface area contributed by atoms with Crippen LogP contribution in [0.15, 0.2) is 66.9 Å². The number of fused-ring (bicyclic) bond motifs is 1. The molecular weight excluding hydrogens is 317 g/mol. The molecule has 3 aromatic carbocycles. The predicted molar refractivity (Wildman–Crippen MR) is 94.4 cm³/mol. The Hall–Kier alpha value is -3.65. The van der Waals surface area contributed by atoms with Crippen LogP contribution in [0.5, 0.6) is 5.75 Å². The van der Waals surface area contributed by atoms with Crippen molar-refractivity contribution in [1.82, 2.24) is 9.78 Å². The standard InChI is InChI=1S/C20H12FN3O/c1-22-16-4-2-3-14(9-16)13-5-7-17(8-6-13)24-19-11-20(25)18(21)10-15(19)12-23-24/h2-12,25H. The van der Waals surface area contributed by atoms with Crippen molar-refractivity contribution in [3.05, 3.63) is 84.1 Å². The fraction of sp³-hybridized carbons (Fsp3) is 0. The third kappa shape index (κ3) is 2.60. The first kappa shape index (κ1) is 14.9. The second-order valence-corrected chi connectivity index (χ2v) is 5.63. The van der Waals surface area contributed by atoms with E-state index in [1.807, 2.05) is 42.5 Å². The summed E-state index contributed by atoms with van der Waals surface area (Å²) in [6.07, 6.45) is 1.56. The van der Waals surface area contributed by atoms with E-state index >= 15 is 0 Å². The lowest BCUT2D eigenvalue weighted by molar-refractivity contribution is 0.433. The van der Waals surface area contributed by atoms with Gasteiger partial charge in [0.1, 0.15) is 0 Å². The quantitative estimate of drug-likeness (QED) is 0.521. The van der Waals surface area contributed by atoms with Crippen molar-refractivity contribution in [2.24, 2.45) is 0 Å². The van der Waals surface area contributed by atoms with Crippen LogP contribution in [0.2, 0.25) is 0 Å².